The lowest BCUT2D eigenvalue weighted by molar-refractivity contribution is 0.140. The molecule has 3 nitrogen and oxygen atoms in total. The SMILES string of the molecule is CCCc1cccc(CC2CNC(=O)O2)c1. The number of carbonyl (C=O) groups is 1. The fourth-order valence-electron chi connectivity index (χ4n) is 2.01. The summed E-state index contributed by atoms with van der Waals surface area (Å²) in [5.74, 6) is 0. The van der Waals surface area contributed by atoms with E-state index in [1.807, 2.05) is 0 Å². The van der Waals surface area contributed by atoms with Gasteiger partial charge in [0.25, 0.3) is 0 Å². The first-order valence-corrected chi connectivity index (χ1v) is 5.80. The number of hydrogen-bond acceptors (Lipinski definition) is 2. The molecule has 1 unspecified atom stereocenters. The van der Waals surface area contributed by atoms with Crippen LogP contribution in [0.3, 0.4) is 0 Å². The zero-order valence-corrected chi connectivity index (χ0v) is 9.53. The average molecular weight is 219 g/mol. The van der Waals surface area contributed by atoms with Gasteiger partial charge in [-0.25, -0.2) is 4.79 Å². The van der Waals surface area contributed by atoms with Gasteiger partial charge in [0.15, 0.2) is 0 Å². The number of nitrogens with one attached hydrogen (secondary N) is 1. The van der Waals surface area contributed by atoms with Crippen molar-refractivity contribution < 1.29 is 9.53 Å². The quantitative estimate of drug-likeness (QED) is 0.843. The van der Waals surface area contributed by atoms with E-state index in [4.69, 9.17) is 4.74 Å². The molecule has 1 amide bonds. The molecule has 0 radical (unpaired) electrons. The van der Waals surface area contributed by atoms with Crippen LogP contribution in [0.1, 0.15) is 24.5 Å². The van der Waals surface area contributed by atoms with E-state index in [2.05, 4.69) is 36.5 Å². The predicted molar refractivity (Wildman–Crippen MR) is 62.4 cm³/mol. The number of ether oxygens (including phenoxy) is 1. The van der Waals surface area contributed by atoms with E-state index in [0.29, 0.717) is 6.54 Å². The van der Waals surface area contributed by atoms with E-state index in [1.54, 1.807) is 0 Å². The highest BCUT2D eigenvalue weighted by atomic mass is 16.6. The smallest absolute Gasteiger partial charge is 0.407 e. The van der Waals surface area contributed by atoms with Crippen molar-refractivity contribution in [2.75, 3.05) is 6.54 Å². The van der Waals surface area contributed by atoms with Gasteiger partial charge in [0.1, 0.15) is 6.10 Å². The molecule has 1 fully saturated rings. The summed E-state index contributed by atoms with van der Waals surface area (Å²) in [5, 5.41) is 2.67. The number of hydrogen-bond donors (Lipinski definition) is 1. The fourth-order valence-corrected chi connectivity index (χ4v) is 2.01. The molecule has 1 aromatic rings. The molecule has 0 spiro atoms. The molecule has 1 heterocycles. The Morgan fingerprint density at radius 2 is 2.25 bits per heavy atom. The Labute approximate surface area is 95.8 Å². The molecule has 0 bridgehead atoms. The lowest BCUT2D eigenvalue weighted by Crippen LogP contribution is -2.16. The number of aryl methyl sites for hydroxylation is 1. The fraction of sp³-hybridized carbons (Fsp3) is 0.462. The van der Waals surface area contributed by atoms with E-state index in [0.717, 1.165) is 19.3 Å². The van der Waals surface area contributed by atoms with Gasteiger partial charge in [-0.05, 0) is 17.5 Å². The van der Waals surface area contributed by atoms with Gasteiger partial charge in [0, 0.05) is 6.42 Å². The first-order valence-electron chi connectivity index (χ1n) is 5.80. The van der Waals surface area contributed by atoms with Gasteiger partial charge in [0.2, 0.25) is 0 Å². The van der Waals surface area contributed by atoms with E-state index in [-0.39, 0.29) is 12.2 Å². The molecule has 0 aliphatic carbocycles. The highest BCUT2D eigenvalue weighted by molar-refractivity contribution is 5.69. The van der Waals surface area contributed by atoms with Crippen molar-refractivity contribution in [2.24, 2.45) is 0 Å². The van der Waals surface area contributed by atoms with E-state index < -0.39 is 0 Å². The molecule has 2 rings (SSSR count). The van der Waals surface area contributed by atoms with Crippen LogP contribution in [-0.4, -0.2) is 18.7 Å². The summed E-state index contributed by atoms with van der Waals surface area (Å²) >= 11 is 0. The molecular formula is C13H17NO2. The minimum absolute atomic E-state index is 0.00984. The van der Waals surface area contributed by atoms with Crippen LogP contribution in [0.15, 0.2) is 24.3 Å². The van der Waals surface area contributed by atoms with Gasteiger partial charge in [-0.15, -0.1) is 0 Å². The third kappa shape index (κ3) is 2.75. The van der Waals surface area contributed by atoms with Crippen LogP contribution < -0.4 is 5.32 Å². The zero-order valence-electron chi connectivity index (χ0n) is 9.53. The molecule has 1 aliphatic heterocycles. The first-order chi connectivity index (χ1) is 7.78. The second kappa shape index (κ2) is 5.01. The van der Waals surface area contributed by atoms with Crippen molar-refractivity contribution in [1.29, 1.82) is 0 Å². The van der Waals surface area contributed by atoms with Crippen LogP contribution in [-0.2, 0) is 17.6 Å². The molecule has 3 heteroatoms. The molecule has 86 valence electrons. The number of rotatable bonds is 4. The summed E-state index contributed by atoms with van der Waals surface area (Å²) in [4.78, 5) is 10.9. The monoisotopic (exact) mass is 219 g/mol. The number of cyclic esters (lactones) is 1. The maximum absolute atomic E-state index is 10.9. The standard InChI is InChI=1S/C13H17NO2/c1-2-4-10-5-3-6-11(7-10)8-12-9-14-13(15)16-12/h3,5-7,12H,2,4,8-9H2,1H3,(H,14,15). The summed E-state index contributed by atoms with van der Waals surface area (Å²) in [6.45, 7) is 2.80. The maximum Gasteiger partial charge on any atom is 0.407 e. The molecule has 0 aromatic heterocycles. The number of amides is 1. The molecule has 1 aliphatic rings. The molecule has 16 heavy (non-hydrogen) atoms. The van der Waals surface area contributed by atoms with Crippen molar-refractivity contribution in [1.82, 2.24) is 5.32 Å². The van der Waals surface area contributed by atoms with E-state index >= 15 is 0 Å². The molecular weight excluding hydrogens is 202 g/mol. The van der Waals surface area contributed by atoms with Crippen LogP contribution >= 0.6 is 0 Å². The molecule has 0 saturated carbocycles. The summed E-state index contributed by atoms with van der Waals surface area (Å²) in [7, 11) is 0. The second-order valence-corrected chi connectivity index (χ2v) is 4.18. The van der Waals surface area contributed by atoms with Crippen molar-refractivity contribution >= 4 is 6.09 Å². The Morgan fingerprint density at radius 3 is 2.94 bits per heavy atom. The Morgan fingerprint density at radius 1 is 1.44 bits per heavy atom. The maximum atomic E-state index is 10.9. The van der Waals surface area contributed by atoms with Crippen LogP contribution in [0.2, 0.25) is 0 Å². The van der Waals surface area contributed by atoms with Crippen LogP contribution in [0.5, 0.6) is 0 Å². The molecule has 1 saturated heterocycles. The average Bonchev–Trinajstić information content (AvgIpc) is 2.65. The van der Waals surface area contributed by atoms with Crippen molar-refractivity contribution in [3.63, 3.8) is 0 Å². The molecule has 1 N–H and O–H groups in total. The summed E-state index contributed by atoms with van der Waals surface area (Å²) < 4.78 is 5.12. The van der Waals surface area contributed by atoms with Gasteiger partial charge >= 0.3 is 6.09 Å². The Hall–Kier alpha value is -1.51. The normalized spacial score (nSPS) is 19.3. The largest absolute Gasteiger partial charge is 0.444 e. The lowest BCUT2D eigenvalue weighted by atomic mass is 10.0. The predicted octanol–water partition coefficient (Wildman–Crippen LogP) is 2.29. The summed E-state index contributed by atoms with van der Waals surface area (Å²) in [6, 6.07) is 8.51. The van der Waals surface area contributed by atoms with E-state index in [1.165, 1.54) is 11.1 Å². The lowest BCUT2D eigenvalue weighted by Gasteiger charge is -2.08. The highest BCUT2D eigenvalue weighted by Crippen LogP contribution is 2.12. The Bertz CT molecular complexity index is 376. The van der Waals surface area contributed by atoms with Crippen molar-refractivity contribution in [3.05, 3.63) is 35.4 Å². The van der Waals surface area contributed by atoms with Gasteiger partial charge in [-0.2, -0.15) is 0 Å². The number of carbonyl (C=O) groups excluding carboxylic acids is 1. The third-order valence-electron chi connectivity index (χ3n) is 2.74. The van der Waals surface area contributed by atoms with Gasteiger partial charge < -0.3 is 10.1 Å². The van der Waals surface area contributed by atoms with Gasteiger partial charge in [0.05, 0.1) is 6.54 Å². The minimum Gasteiger partial charge on any atom is -0.444 e. The van der Waals surface area contributed by atoms with Gasteiger partial charge in [-0.1, -0.05) is 37.6 Å². The first kappa shape index (κ1) is 11.0. The molecule has 1 aromatic carbocycles. The minimum atomic E-state index is -0.297. The van der Waals surface area contributed by atoms with Crippen molar-refractivity contribution in [2.45, 2.75) is 32.3 Å². The highest BCUT2D eigenvalue weighted by Gasteiger charge is 2.22. The zero-order chi connectivity index (χ0) is 11.4. The number of alkyl carbamates (subject to hydrolysis) is 1. The van der Waals surface area contributed by atoms with Crippen LogP contribution in [0.4, 0.5) is 4.79 Å². The molecule has 1 atom stereocenters. The third-order valence-corrected chi connectivity index (χ3v) is 2.74. The topological polar surface area (TPSA) is 38.3 Å². The summed E-state index contributed by atoms with van der Waals surface area (Å²) in [6.07, 6.45) is 2.76. The Balaban J connectivity index is 1.98. The second-order valence-electron chi connectivity index (χ2n) is 4.18. The van der Waals surface area contributed by atoms with Gasteiger partial charge in [-0.3, -0.25) is 0 Å². The van der Waals surface area contributed by atoms with Crippen LogP contribution in [0, 0.1) is 0 Å². The number of benzene rings is 1. The summed E-state index contributed by atoms with van der Waals surface area (Å²) in [5.41, 5.74) is 2.60. The Kier molecular flexibility index (Phi) is 3.44. The van der Waals surface area contributed by atoms with E-state index in [9.17, 15) is 4.79 Å². The van der Waals surface area contributed by atoms with Crippen molar-refractivity contribution in [3.8, 4) is 0 Å². The van der Waals surface area contributed by atoms with Crippen LogP contribution in [0.25, 0.3) is 0 Å².